The average molecular weight is 274 g/mol. The Labute approximate surface area is 119 Å². The molecule has 2 aliphatic heterocycles. The van der Waals surface area contributed by atoms with Crippen molar-refractivity contribution in [3.8, 4) is 0 Å². The van der Waals surface area contributed by atoms with E-state index in [0.717, 1.165) is 24.0 Å². The molecule has 1 unspecified atom stereocenters. The third-order valence-corrected chi connectivity index (χ3v) is 4.85. The monoisotopic (exact) mass is 274 g/mol. The van der Waals surface area contributed by atoms with Gasteiger partial charge in [-0.25, -0.2) is 0 Å². The van der Waals surface area contributed by atoms with E-state index in [4.69, 9.17) is 4.74 Å². The number of fused-ring (bicyclic) bond motifs is 2. The lowest BCUT2D eigenvalue weighted by Crippen LogP contribution is -2.31. The zero-order valence-corrected chi connectivity index (χ0v) is 11.6. The van der Waals surface area contributed by atoms with Crippen molar-refractivity contribution in [2.24, 2.45) is 11.8 Å². The fraction of sp³-hybridized carbons (Fsp3) is 0.529. The first-order valence-corrected chi connectivity index (χ1v) is 7.39. The minimum absolute atomic E-state index is 0.161. The minimum atomic E-state index is -0.490. The molecule has 0 aromatic heterocycles. The lowest BCUT2D eigenvalue weighted by atomic mass is 9.76. The van der Waals surface area contributed by atoms with Crippen LogP contribution in [0.4, 0.5) is 0 Å². The van der Waals surface area contributed by atoms with Gasteiger partial charge in [-0.15, -0.1) is 0 Å². The van der Waals surface area contributed by atoms with Gasteiger partial charge in [-0.3, -0.25) is 0 Å². The first-order chi connectivity index (χ1) is 9.72. The van der Waals surface area contributed by atoms with Gasteiger partial charge in [-0.2, -0.15) is 0 Å². The summed E-state index contributed by atoms with van der Waals surface area (Å²) < 4.78 is 5.88. The Hall–Kier alpha value is -1.16. The van der Waals surface area contributed by atoms with Gasteiger partial charge in [-0.1, -0.05) is 36.9 Å². The molecule has 0 spiro atoms. The fourth-order valence-corrected chi connectivity index (χ4v) is 3.70. The highest BCUT2D eigenvalue weighted by Gasteiger charge is 2.48. The van der Waals surface area contributed by atoms with Crippen LogP contribution in [0, 0.1) is 11.8 Å². The van der Waals surface area contributed by atoms with E-state index in [9.17, 15) is 10.2 Å². The van der Waals surface area contributed by atoms with Crippen molar-refractivity contribution in [2.45, 2.75) is 37.6 Å². The maximum atomic E-state index is 10.4. The predicted octanol–water partition coefficient (Wildman–Crippen LogP) is 2.54. The number of benzene rings is 1. The van der Waals surface area contributed by atoms with E-state index in [-0.39, 0.29) is 30.7 Å². The smallest absolute Gasteiger partial charge is 0.0793 e. The van der Waals surface area contributed by atoms with E-state index in [1.54, 1.807) is 6.08 Å². The highest BCUT2D eigenvalue weighted by atomic mass is 16.5. The van der Waals surface area contributed by atoms with Crippen LogP contribution in [0.2, 0.25) is 0 Å². The van der Waals surface area contributed by atoms with E-state index in [2.05, 4.69) is 6.58 Å². The van der Waals surface area contributed by atoms with Crippen molar-refractivity contribution >= 4 is 6.08 Å². The topological polar surface area (TPSA) is 49.7 Å². The number of aliphatic hydroxyl groups is 2. The second-order valence-corrected chi connectivity index (χ2v) is 5.92. The molecule has 3 heteroatoms. The summed E-state index contributed by atoms with van der Waals surface area (Å²) in [4.78, 5) is 0. The van der Waals surface area contributed by atoms with Gasteiger partial charge < -0.3 is 14.9 Å². The fourth-order valence-electron chi connectivity index (χ4n) is 3.70. The third kappa shape index (κ3) is 2.41. The molecule has 108 valence electrons. The predicted molar refractivity (Wildman–Crippen MR) is 78.1 cm³/mol. The molecule has 2 heterocycles. The summed E-state index contributed by atoms with van der Waals surface area (Å²) in [6, 6.07) is 7.83. The van der Waals surface area contributed by atoms with Crippen molar-refractivity contribution in [1.29, 1.82) is 0 Å². The number of hydrogen-bond acceptors (Lipinski definition) is 3. The maximum absolute atomic E-state index is 10.4. The molecular formula is C17H22O3. The minimum Gasteiger partial charge on any atom is -0.396 e. The molecule has 0 radical (unpaired) electrons. The lowest BCUT2D eigenvalue weighted by Gasteiger charge is -2.28. The summed E-state index contributed by atoms with van der Waals surface area (Å²) in [7, 11) is 0. The van der Waals surface area contributed by atoms with Crippen LogP contribution in [0.1, 0.15) is 36.5 Å². The second-order valence-electron chi connectivity index (χ2n) is 5.92. The molecule has 0 saturated carbocycles. The first-order valence-electron chi connectivity index (χ1n) is 7.39. The van der Waals surface area contributed by atoms with Crippen molar-refractivity contribution < 1.29 is 14.9 Å². The van der Waals surface area contributed by atoms with Gasteiger partial charge in [0.05, 0.1) is 18.3 Å². The molecule has 0 aliphatic carbocycles. The molecule has 2 N–H and O–H groups in total. The van der Waals surface area contributed by atoms with Crippen molar-refractivity contribution in [3.05, 3.63) is 42.0 Å². The van der Waals surface area contributed by atoms with Gasteiger partial charge in [0, 0.05) is 12.5 Å². The van der Waals surface area contributed by atoms with Crippen LogP contribution in [0.25, 0.3) is 6.08 Å². The Kier molecular flexibility index (Phi) is 3.92. The van der Waals surface area contributed by atoms with E-state index < -0.39 is 6.10 Å². The summed E-state index contributed by atoms with van der Waals surface area (Å²) in [5.41, 5.74) is 1.98. The summed E-state index contributed by atoms with van der Waals surface area (Å²) in [5, 5.41) is 20.0. The van der Waals surface area contributed by atoms with E-state index in [0.29, 0.717) is 6.42 Å². The molecule has 20 heavy (non-hydrogen) atoms. The Morgan fingerprint density at radius 2 is 1.85 bits per heavy atom. The summed E-state index contributed by atoms with van der Waals surface area (Å²) in [6.45, 7) is 3.89. The highest BCUT2D eigenvalue weighted by molar-refractivity contribution is 5.47. The first kappa shape index (κ1) is 13.8. The molecule has 2 saturated heterocycles. The average Bonchev–Trinajstić information content (AvgIpc) is 3.08. The molecular weight excluding hydrogens is 252 g/mol. The second kappa shape index (κ2) is 5.68. The molecule has 0 amide bonds. The van der Waals surface area contributed by atoms with Crippen LogP contribution in [0.3, 0.4) is 0 Å². The van der Waals surface area contributed by atoms with Gasteiger partial charge in [0.15, 0.2) is 0 Å². The third-order valence-electron chi connectivity index (χ3n) is 4.85. The number of rotatable bonds is 5. The molecule has 1 aromatic rings. The molecule has 2 aliphatic rings. The zero-order chi connectivity index (χ0) is 14.1. The van der Waals surface area contributed by atoms with Crippen molar-refractivity contribution in [2.75, 3.05) is 6.61 Å². The van der Waals surface area contributed by atoms with Gasteiger partial charge in [0.25, 0.3) is 0 Å². The molecule has 5 atom stereocenters. The van der Waals surface area contributed by atoms with Gasteiger partial charge in [0.2, 0.25) is 0 Å². The van der Waals surface area contributed by atoms with Crippen molar-refractivity contribution in [3.63, 3.8) is 0 Å². The summed E-state index contributed by atoms with van der Waals surface area (Å²) >= 11 is 0. The lowest BCUT2D eigenvalue weighted by molar-refractivity contribution is 0.0742. The largest absolute Gasteiger partial charge is 0.396 e. The Balaban J connectivity index is 1.68. The van der Waals surface area contributed by atoms with Crippen LogP contribution in [0.15, 0.2) is 30.8 Å². The molecule has 3 rings (SSSR count). The normalized spacial score (nSPS) is 33.3. The van der Waals surface area contributed by atoms with Crippen LogP contribution >= 0.6 is 0 Å². The van der Waals surface area contributed by atoms with E-state index >= 15 is 0 Å². The Morgan fingerprint density at radius 1 is 1.20 bits per heavy atom. The van der Waals surface area contributed by atoms with Crippen molar-refractivity contribution in [1.82, 2.24) is 0 Å². The molecule has 2 bridgehead atoms. The summed E-state index contributed by atoms with van der Waals surface area (Å²) in [6.07, 6.45) is 4.51. The number of hydrogen-bond donors (Lipinski definition) is 2. The zero-order valence-electron chi connectivity index (χ0n) is 11.6. The Bertz CT molecular complexity index is 468. The van der Waals surface area contributed by atoms with Gasteiger partial charge >= 0.3 is 0 Å². The SMILES string of the molecule is C=Cc1ccc([C@H](O)C[C@H]2C3CC[C@H](O3)[C@H]2CO)cc1. The van der Waals surface area contributed by atoms with Gasteiger partial charge in [0.1, 0.15) is 0 Å². The number of aliphatic hydroxyl groups excluding tert-OH is 2. The standard InChI is InChI=1S/C17H22O3/c1-2-11-3-5-12(6-4-11)15(19)9-13-14(10-18)17-8-7-16(13)20-17/h2-6,13-19H,1,7-10H2/t13-,14+,15-,16?,17+/m1/s1. The van der Waals surface area contributed by atoms with Crippen LogP contribution in [-0.4, -0.2) is 29.0 Å². The number of ether oxygens (including phenoxy) is 1. The highest BCUT2D eigenvalue weighted by Crippen LogP contribution is 2.46. The van der Waals surface area contributed by atoms with Crippen LogP contribution < -0.4 is 0 Å². The van der Waals surface area contributed by atoms with Gasteiger partial charge in [-0.05, 0) is 36.3 Å². The molecule has 3 nitrogen and oxygen atoms in total. The maximum Gasteiger partial charge on any atom is 0.0793 e. The quantitative estimate of drug-likeness (QED) is 0.867. The molecule has 2 fully saturated rings. The van der Waals surface area contributed by atoms with Crippen LogP contribution in [0.5, 0.6) is 0 Å². The summed E-state index contributed by atoms with van der Waals surface area (Å²) in [5.74, 6) is 0.462. The Morgan fingerprint density at radius 3 is 2.45 bits per heavy atom. The molecule has 1 aromatic carbocycles. The van der Waals surface area contributed by atoms with Crippen LogP contribution in [-0.2, 0) is 4.74 Å². The van der Waals surface area contributed by atoms with E-state index in [1.807, 2.05) is 24.3 Å². The van der Waals surface area contributed by atoms with E-state index in [1.165, 1.54) is 0 Å².